The number of aryl methyl sites for hydroxylation is 1. The maximum absolute atomic E-state index is 12.9. The van der Waals surface area contributed by atoms with Crippen LogP contribution in [0.3, 0.4) is 0 Å². The number of carbonyl (C=O) groups excluding carboxylic acids is 3. The van der Waals surface area contributed by atoms with Crippen LogP contribution in [0.25, 0.3) is 0 Å². The molecule has 1 aromatic rings. The molecule has 11 heteroatoms. The minimum atomic E-state index is -0.462. The van der Waals surface area contributed by atoms with Crippen molar-refractivity contribution in [2.75, 3.05) is 32.8 Å². The first kappa shape index (κ1) is 59.4. The van der Waals surface area contributed by atoms with Crippen molar-refractivity contribution in [3.63, 3.8) is 0 Å². The Bertz CT molecular complexity index is 1210. The molecule has 0 radical (unpaired) electrons. The van der Waals surface area contributed by atoms with E-state index in [1.165, 1.54) is 120 Å². The number of unbranched alkanes of at least 4 members (excludes halogenated alkanes) is 25. The largest absolute Gasteiger partial charge is 0.480 e. The Kier molecular flexibility index (Phi) is 39.8. The number of rotatable bonds is 47. The second-order valence-corrected chi connectivity index (χ2v) is 18.8. The lowest BCUT2D eigenvalue weighted by atomic mass is 10.0. The second-order valence-electron chi connectivity index (χ2n) is 18.8. The molecule has 3 N–H and O–H groups in total. The van der Waals surface area contributed by atoms with Crippen molar-refractivity contribution in [2.24, 2.45) is 7.05 Å². The summed E-state index contributed by atoms with van der Waals surface area (Å²) in [4.78, 5) is 43.8. The molecule has 0 bridgehead atoms. The Morgan fingerprint density at radius 2 is 1.06 bits per heavy atom. The molecule has 0 spiro atoms. The van der Waals surface area contributed by atoms with Crippen molar-refractivity contribution < 1.29 is 34.1 Å². The molecule has 0 aromatic carbocycles. The van der Waals surface area contributed by atoms with Gasteiger partial charge in [0.1, 0.15) is 11.8 Å². The zero-order chi connectivity index (χ0) is 46.7. The number of imidazole rings is 1. The van der Waals surface area contributed by atoms with Crippen molar-refractivity contribution >= 4 is 17.8 Å². The third-order valence-corrected chi connectivity index (χ3v) is 12.6. The number of aliphatic hydroxyl groups is 1. The number of aromatic hydroxyl groups is 1. The molecule has 0 aliphatic carbocycles. The van der Waals surface area contributed by atoms with Gasteiger partial charge in [0.15, 0.2) is 0 Å². The van der Waals surface area contributed by atoms with Gasteiger partial charge in [0.05, 0.1) is 12.7 Å². The molecular weight excluding hydrogens is 805 g/mol. The fraction of sp³-hybridized carbons (Fsp3) is 0.887. The van der Waals surface area contributed by atoms with E-state index in [-0.39, 0.29) is 35.7 Å². The maximum Gasteiger partial charge on any atom is 0.306 e. The topological polar surface area (TPSA) is 143 Å². The highest BCUT2D eigenvalue weighted by molar-refractivity contribution is 5.92. The van der Waals surface area contributed by atoms with E-state index in [0.29, 0.717) is 39.0 Å². The van der Waals surface area contributed by atoms with E-state index in [1.54, 1.807) is 7.05 Å². The molecule has 1 atom stereocenters. The lowest BCUT2D eigenvalue weighted by molar-refractivity contribution is -0.150. The standard InChI is InChI=1S/C53H100N4O7/c1-5-8-11-14-17-18-19-25-35-44-63-50(59)39-30-26-34-43-57(45-47(58)36-31-32-41-54-52(61)49-46-56(4)53(62)55-49)42-33-24-20-23-29-40-51(60)64-48(37-27-21-15-12-9-6-2)38-28-22-16-13-10-7-3/h46-48,58H,5-45H2,1-4H3,(H,54,61)(H,55,62). The fourth-order valence-corrected chi connectivity index (χ4v) is 8.45. The molecule has 1 unspecified atom stereocenters. The van der Waals surface area contributed by atoms with E-state index < -0.39 is 6.10 Å². The number of hydrogen-bond acceptors (Lipinski definition) is 9. The van der Waals surface area contributed by atoms with Gasteiger partial charge in [0.2, 0.25) is 0 Å². The maximum atomic E-state index is 12.9. The van der Waals surface area contributed by atoms with E-state index in [1.807, 2.05) is 0 Å². The van der Waals surface area contributed by atoms with Gasteiger partial charge in [-0.2, -0.15) is 4.98 Å². The van der Waals surface area contributed by atoms with E-state index in [4.69, 9.17) is 9.47 Å². The number of esters is 2. The van der Waals surface area contributed by atoms with Crippen LogP contribution in [0.5, 0.6) is 6.01 Å². The van der Waals surface area contributed by atoms with Gasteiger partial charge in [-0.1, -0.05) is 162 Å². The molecular formula is C53H100N4O7. The minimum Gasteiger partial charge on any atom is -0.480 e. The predicted molar refractivity (Wildman–Crippen MR) is 264 cm³/mol. The summed E-state index contributed by atoms with van der Waals surface area (Å²) in [6, 6.07) is -0.196. The molecule has 0 saturated carbocycles. The van der Waals surface area contributed by atoms with Crippen LogP contribution >= 0.6 is 0 Å². The second kappa shape index (κ2) is 42.9. The van der Waals surface area contributed by atoms with Crippen LogP contribution in [0.15, 0.2) is 6.20 Å². The summed E-state index contributed by atoms with van der Waals surface area (Å²) in [7, 11) is 1.63. The van der Waals surface area contributed by atoms with E-state index in [0.717, 1.165) is 116 Å². The Morgan fingerprint density at radius 3 is 1.59 bits per heavy atom. The molecule has 1 heterocycles. The third-order valence-electron chi connectivity index (χ3n) is 12.6. The summed E-state index contributed by atoms with van der Waals surface area (Å²) in [5, 5.41) is 23.5. The lowest BCUT2D eigenvalue weighted by Gasteiger charge is -2.25. The molecule has 0 saturated heterocycles. The minimum absolute atomic E-state index is 0.0231. The van der Waals surface area contributed by atoms with Gasteiger partial charge in [0, 0.05) is 39.2 Å². The summed E-state index contributed by atoms with van der Waals surface area (Å²) >= 11 is 0. The molecule has 1 rings (SSSR count). The number of aromatic nitrogens is 2. The first-order valence-electron chi connectivity index (χ1n) is 27.0. The average molecular weight is 905 g/mol. The monoisotopic (exact) mass is 905 g/mol. The highest BCUT2D eigenvalue weighted by Crippen LogP contribution is 2.19. The van der Waals surface area contributed by atoms with Crippen LogP contribution in [-0.4, -0.2) is 87.5 Å². The molecule has 374 valence electrons. The van der Waals surface area contributed by atoms with E-state index in [2.05, 4.69) is 36.0 Å². The van der Waals surface area contributed by atoms with Crippen LogP contribution in [0.4, 0.5) is 0 Å². The lowest BCUT2D eigenvalue weighted by Crippen LogP contribution is -2.34. The van der Waals surface area contributed by atoms with Gasteiger partial charge in [-0.3, -0.25) is 14.4 Å². The number of nitrogens with one attached hydrogen (secondary N) is 1. The molecule has 0 aliphatic rings. The number of hydrogen-bond donors (Lipinski definition) is 3. The van der Waals surface area contributed by atoms with Crippen LogP contribution in [-0.2, 0) is 26.1 Å². The van der Waals surface area contributed by atoms with Crippen molar-refractivity contribution in [3.05, 3.63) is 11.9 Å². The van der Waals surface area contributed by atoms with Crippen LogP contribution < -0.4 is 5.32 Å². The first-order chi connectivity index (χ1) is 31.2. The van der Waals surface area contributed by atoms with Gasteiger partial charge in [-0.05, 0) is 90.1 Å². The highest BCUT2D eigenvalue weighted by atomic mass is 16.5. The molecule has 11 nitrogen and oxygen atoms in total. The Morgan fingerprint density at radius 1 is 0.609 bits per heavy atom. The SMILES string of the molecule is CCCCCCCCCCCOC(=O)CCCCCN(CCCCCCCC(=O)OC(CCCCCCCC)CCCCCCCC)CC(O)CCCCNC(=O)c1cn(C)c(O)n1. The van der Waals surface area contributed by atoms with Gasteiger partial charge >= 0.3 is 11.9 Å². The van der Waals surface area contributed by atoms with Crippen molar-refractivity contribution in [2.45, 2.75) is 264 Å². The number of ether oxygens (including phenoxy) is 2. The number of aliphatic hydroxyl groups excluding tert-OH is 1. The van der Waals surface area contributed by atoms with Crippen molar-refractivity contribution in [3.8, 4) is 6.01 Å². The number of nitrogens with zero attached hydrogens (tertiary/aromatic N) is 3. The predicted octanol–water partition coefficient (Wildman–Crippen LogP) is 13.1. The Hall–Kier alpha value is -2.66. The molecule has 1 amide bonds. The van der Waals surface area contributed by atoms with Crippen LogP contribution in [0.2, 0.25) is 0 Å². The molecule has 64 heavy (non-hydrogen) atoms. The van der Waals surface area contributed by atoms with E-state index >= 15 is 0 Å². The number of carbonyl (C=O) groups is 3. The quantitative estimate of drug-likeness (QED) is 0.0430. The Labute approximate surface area is 392 Å². The summed E-state index contributed by atoms with van der Waals surface area (Å²) in [6.07, 6.45) is 40.4. The highest BCUT2D eigenvalue weighted by Gasteiger charge is 2.16. The zero-order valence-corrected chi connectivity index (χ0v) is 42.0. The summed E-state index contributed by atoms with van der Waals surface area (Å²) < 4.78 is 13.0. The van der Waals surface area contributed by atoms with Gasteiger partial charge < -0.3 is 34.5 Å². The van der Waals surface area contributed by atoms with E-state index in [9.17, 15) is 24.6 Å². The van der Waals surface area contributed by atoms with Crippen LogP contribution in [0.1, 0.15) is 262 Å². The molecule has 0 aliphatic heterocycles. The van der Waals surface area contributed by atoms with Gasteiger partial charge in [0.25, 0.3) is 11.9 Å². The van der Waals surface area contributed by atoms with Gasteiger partial charge in [-0.15, -0.1) is 0 Å². The third kappa shape index (κ3) is 35.6. The molecule has 1 aromatic heterocycles. The van der Waals surface area contributed by atoms with Crippen molar-refractivity contribution in [1.82, 2.24) is 19.8 Å². The van der Waals surface area contributed by atoms with Crippen LogP contribution in [0, 0.1) is 0 Å². The Balaban J connectivity index is 2.44. The molecule has 0 fully saturated rings. The number of amides is 1. The average Bonchev–Trinajstić information content (AvgIpc) is 3.62. The summed E-state index contributed by atoms with van der Waals surface area (Å²) in [5.74, 6) is -0.429. The normalized spacial score (nSPS) is 12.0. The summed E-state index contributed by atoms with van der Waals surface area (Å²) in [5.41, 5.74) is 0.186. The fourth-order valence-electron chi connectivity index (χ4n) is 8.45. The smallest absolute Gasteiger partial charge is 0.306 e. The van der Waals surface area contributed by atoms with Crippen molar-refractivity contribution in [1.29, 1.82) is 0 Å². The van der Waals surface area contributed by atoms with Gasteiger partial charge in [-0.25, -0.2) is 0 Å². The summed E-state index contributed by atoms with van der Waals surface area (Å²) in [6.45, 7) is 10.1. The first-order valence-corrected chi connectivity index (χ1v) is 27.0. The zero-order valence-electron chi connectivity index (χ0n) is 42.0.